The molecule has 258 valence electrons. The minimum absolute atomic E-state index is 0.196. The molecule has 1 aliphatic heterocycles. The van der Waals surface area contributed by atoms with Gasteiger partial charge in [0.05, 0.1) is 33.4 Å². The van der Waals surface area contributed by atoms with Crippen molar-refractivity contribution in [3.05, 3.63) is 193 Å². The summed E-state index contributed by atoms with van der Waals surface area (Å²) in [5, 5.41) is 14.0. The number of nitrogens with one attached hydrogen (secondary N) is 1. The summed E-state index contributed by atoms with van der Waals surface area (Å²) in [6.07, 6.45) is 9.64. The summed E-state index contributed by atoms with van der Waals surface area (Å²) < 4.78 is 4.89. The number of rotatable bonds is 2. The third-order valence-corrected chi connectivity index (χ3v) is 11.8. The van der Waals surface area contributed by atoms with E-state index in [1.165, 1.54) is 70.8 Å². The SMILES string of the molecule is C1=CCc2c(cccc2C2Nc3ccccc3N=C2n2c3cc(-n4c5ccccc5c5c6ccccc6ccc54)ccc3c3c4ccccc4ccc32)C=C1. The molecule has 12 rings (SSSR count). The largest absolute Gasteiger partial charge is 0.370 e. The van der Waals surface area contributed by atoms with Crippen LogP contribution in [0.15, 0.2) is 181 Å². The average Bonchev–Trinajstić information content (AvgIpc) is 3.64. The second kappa shape index (κ2) is 11.7. The molecule has 8 aromatic carbocycles. The summed E-state index contributed by atoms with van der Waals surface area (Å²) in [6, 6.07) is 57.4. The normalized spacial score (nSPS) is 15.1. The lowest BCUT2D eigenvalue weighted by Crippen LogP contribution is -2.30. The van der Waals surface area contributed by atoms with Crippen molar-refractivity contribution in [2.24, 2.45) is 4.99 Å². The highest BCUT2D eigenvalue weighted by molar-refractivity contribution is 6.25. The Kier molecular flexibility index (Phi) is 6.43. The highest BCUT2D eigenvalue weighted by atomic mass is 15.2. The zero-order chi connectivity index (χ0) is 36.0. The number of fused-ring (bicyclic) bond motifs is 12. The van der Waals surface area contributed by atoms with E-state index >= 15 is 0 Å². The predicted octanol–water partition coefficient (Wildman–Crippen LogP) is 13.1. The summed E-state index contributed by atoms with van der Waals surface area (Å²) in [5.74, 6) is 0.963. The molecule has 1 unspecified atom stereocenters. The van der Waals surface area contributed by atoms with Gasteiger partial charge in [-0.2, -0.15) is 0 Å². The summed E-state index contributed by atoms with van der Waals surface area (Å²) in [5.41, 5.74) is 11.6. The molecule has 55 heavy (non-hydrogen) atoms. The molecule has 1 N–H and O–H groups in total. The molecule has 0 saturated heterocycles. The lowest BCUT2D eigenvalue weighted by molar-refractivity contribution is 0.941. The molecule has 1 aliphatic carbocycles. The van der Waals surface area contributed by atoms with Crippen LogP contribution in [0.4, 0.5) is 11.4 Å². The third kappa shape index (κ3) is 4.43. The zero-order valence-electron chi connectivity index (χ0n) is 29.9. The first-order valence-corrected chi connectivity index (χ1v) is 19.1. The molecule has 2 aliphatic rings. The van der Waals surface area contributed by atoms with Gasteiger partial charge in [-0.05, 0) is 87.1 Å². The number of hydrogen-bond donors (Lipinski definition) is 1. The number of hydrogen-bond acceptors (Lipinski definition) is 2. The van der Waals surface area contributed by atoms with Crippen molar-refractivity contribution >= 4 is 88.4 Å². The van der Waals surface area contributed by atoms with Crippen LogP contribution in [0.5, 0.6) is 0 Å². The Bertz CT molecular complexity index is 3330. The van der Waals surface area contributed by atoms with E-state index in [1.54, 1.807) is 0 Å². The summed E-state index contributed by atoms with van der Waals surface area (Å²) >= 11 is 0. The summed E-state index contributed by atoms with van der Waals surface area (Å²) in [6.45, 7) is 0. The van der Waals surface area contributed by atoms with Crippen LogP contribution in [0.1, 0.15) is 22.7 Å². The monoisotopic (exact) mass is 702 g/mol. The molecule has 1 atom stereocenters. The molecule has 0 fully saturated rings. The first-order chi connectivity index (χ1) is 27.3. The van der Waals surface area contributed by atoms with Crippen molar-refractivity contribution in [2.45, 2.75) is 12.5 Å². The van der Waals surface area contributed by atoms with Gasteiger partial charge in [0.15, 0.2) is 0 Å². The van der Waals surface area contributed by atoms with Gasteiger partial charge in [0, 0.05) is 27.2 Å². The molecule has 0 bridgehead atoms. The summed E-state index contributed by atoms with van der Waals surface area (Å²) in [7, 11) is 0. The van der Waals surface area contributed by atoms with Crippen LogP contribution in [0.25, 0.3) is 76.9 Å². The van der Waals surface area contributed by atoms with Crippen molar-refractivity contribution in [3.8, 4) is 5.69 Å². The van der Waals surface area contributed by atoms with Crippen LogP contribution in [0, 0.1) is 0 Å². The van der Waals surface area contributed by atoms with E-state index < -0.39 is 0 Å². The van der Waals surface area contributed by atoms with E-state index in [4.69, 9.17) is 4.99 Å². The van der Waals surface area contributed by atoms with E-state index in [9.17, 15) is 0 Å². The van der Waals surface area contributed by atoms with Crippen molar-refractivity contribution < 1.29 is 0 Å². The van der Waals surface area contributed by atoms with Gasteiger partial charge in [-0.25, -0.2) is 4.99 Å². The van der Waals surface area contributed by atoms with Crippen LogP contribution in [0.3, 0.4) is 0 Å². The average molecular weight is 703 g/mol. The standard InChI is InChI=1S/C51H34N4/c1-2-13-32-16-12-21-39(36(32)17-3-1)50-51(53-43-23-10-9-22-42(43)52-50)55-46-30-26-34-15-5-7-19-38(34)49(46)41-28-27-35(31-47(41)55)54-44-24-11-8-20-40(44)48-37-18-6-4-14-33(37)25-29-45(48)54/h1-16,18-31,50,52H,17H2. The quantitative estimate of drug-likeness (QED) is 0.191. The number of para-hydroxylation sites is 3. The van der Waals surface area contributed by atoms with Crippen molar-refractivity contribution in [3.63, 3.8) is 0 Å². The van der Waals surface area contributed by atoms with E-state index in [1.807, 2.05) is 0 Å². The molecule has 0 radical (unpaired) electrons. The minimum Gasteiger partial charge on any atom is -0.370 e. The molecular weight excluding hydrogens is 669 g/mol. The van der Waals surface area contributed by atoms with Gasteiger partial charge in [-0.3, -0.25) is 4.57 Å². The second-order valence-corrected chi connectivity index (χ2v) is 14.7. The van der Waals surface area contributed by atoms with Gasteiger partial charge in [-0.1, -0.05) is 140 Å². The molecule has 0 amide bonds. The Balaban J connectivity index is 1.19. The molecule has 4 heteroatoms. The highest BCUT2D eigenvalue weighted by Gasteiger charge is 2.31. The summed E-state index contributed by atoms with van der Waals surface area (Å²) in [4.78, 5) is 5.60. The topological polar surface area (TPSA) is 34.2 Å². The Hall–Kier alpha value is -7.17. The third-order valence-electron chi connectivity index (χ3n) is 11.8. The number of benzene rings is 8. The number of allylic oxidation sites excluding steroid dienone is 3. The molecular formula is C51H34N4. The number of nitrogens with zero attached hydrogens (tertiary/aromatic N) is 3. The molecule has 0 spiro atoms. The van der Waals surface area contributed by atoms with Crippen LogP contribution < -0.4 is 5.32 Å². The Morgan fingerprint density at radius 1 is 0.527 bits per heavy atom. The van der Waals surface area contributed by atoms with Crippen LogP contribution in [0.2, 0.25) is 0 Å². The lowest BCUT2D eigenvalue weighted by Gasteiger charge is -2.30. The molecule has 2 aromatic heterocycles. The van der Waals surface area contributed by atoms with Gasteiger partial charge in [0.25, 0.3) is 0 Å². The molecule has 0 saturated carbocycles. The number of aromatic nitrogens is 2. The first kappa shape index (κ1) is 30.3. The van der Waals surface area contributed by atoms with Crippen molar-refractivity contribution in [1.82, 2.24) is 9.13 Å². The maximum absolute atomic E-state index is 5.60. The van der Waals surface area contributed by atoms with E-state index in [2.05, 4.69) is 196 Å². The fourth-order valence-corrected chi connectivity index (χ4v) is 9.39. The van der Waals surface area contributed by atoms with Gasteiger partial charge in [-0.15, -0.1) is 0 Å². The second-order valence-electron chi connectivity index (χ2n) is 14.7. The van der Waals surface area contributed by atoms with Gasteiger partial charge in [0.1, 0.15) is 11.9 Å². The van der Waals surface area contributed by atoms with E-state index in [0.717, 1.165) is 40.4 Å². The fraction of sp³-hybridized carbons (Fsp3) is 0.0392. The Labute approximate surface area is 317 Å². The number of aliphatic imine (C=N–C) groups is 1. The molecule has 4 nitrogen and oxygen atoms in total. The minimum atomic E-state index is -0.196. The molecule has 10 aromatic rings. The maximum atomic E-state index is 5.60. The van der Waals surface area contributed by atoms with E-state index in [0.29, 0.717) is 0 Å². The highest BCUT2D eigenvalue weighted by Crippen LogP contribution is 2.43. The van der Waals surface area contributed by atoms with Gasteiger partial charge >= 0.3 is 0 Å². The predicted molar refractivity (Wildman–Crippen MR) is 232 cm³/mol. The smallest absolute Gasteiger partial charge is 0.141 e. The van der Waals surface area contributed by atoms with Crippen molar-refractivity contribution in [2.75, 3.05) is 5.32 Å². The Morgan fingerprint density at radius 2 is 1.22 bits per heavy atom. The Morgan fingerprint density at radius 3 is 2.04 bits per heavy atom. The number of anilines is 1. The van der Waals surface area contributed by atoms with Gasteiger partial charge < -0.3 is 9.88 Å². The van der Waals surface area contributed by atoms with Crippen LogP contribution in [-0.2, 0) is 6.42 Å². The first-order valence-electron chi connectivity index (χ1n) is 19.1. The van der Waals surface area contributed by atoms with Crippen LogP contribution in [-0.4, -0.2) is 15.0 Å². The van der Waals surface area contributed by atoms with Crippen LogP contribution >= 0.6 is 0 Å². The van der Waals surface area contributed by atoms with E-state index in [-0.39, 0.29) is 6.04 Å². The van der Waals surface area contributed by atoms with Gasteiger partial charge in [0.2, 0.25) is 0 Å². The lowest BCUT2D eigenvalue weighted by atomic mass is 9.92. The zero-order valence-corrected chi connectivity index (χ0v) is 29.9. The maximum Gasteiger partial charge on any atom is 0.141 e. The van der Waals surface area contributed by atoms with Crippen molar-refractivity contribution in [1.29, 1.82) is 0 Å². The molecule has 3 heterocycles. The fourth-order valence-electron chi connectivity index (χ4n) is 9.39.